The number of carbonyl (C=O) groups is 1. The van der Waals surface area contributed by atoms with Crippen LogP contribution in [0.1, 0.15) is 46.8 Å². The third-order valence-electron chi connectivity index (χ3n) is 6.31. The van der Waals surface area contributed by atoms with Gasteiger partial charge in [0.15, 0.2) is 0 Å². The number of hydrogen-bond acceptors (Lipinski definition) is 5. The molecule has 2 aromatic rings. The lowest BCUT2D eigenvalue weighted by molar-refractivity contribution is 0.0501. The molecule has 176 valence electrons. The molecule has 2 atom stereocenters. The molecule has 6 heteroatoms. The summed E-state index contributed by atoms with van der Waals surface area (Å²) in [6.07, 6.45) is 5.59. The van der Waals surface area contributed by atoms with Gasteiger partial charge in [-0.1, -0.05) is 42.5 Å². The number of aliphatic hydroxyl groups is 2. The van der Waals surface area contributed by atoms with Crippen molar-refractivity contribution in [2.45, 2.75) is 44.9 Å². The van der Waals surface area contributed by atoms with Crippen LogP contribution in [0.4, 0.5) is 0 Å². The normalized spacial score (nSPS) is 18.4. The third kappa shape index (κ3) is 6.22. The number of ether oxygens (including phenoxy) is 1. The van der Waals surface area contributed by atoms with Crippen molar-refractivity contribution in [3.63, 3.8) is 0 Å². The van der Waals surface area contributed by atoms with Gasteiger partial charge in [0.2, 0.25) is 0 Å². The zero-order valence-electron chi connectivity index (χ0n) is 19.3. The van der Waals surface area contributed by atoms with Crippen LogP contribution < -0.4 is 4.74 Å². The topological polar surface area (TPSA) is 73.2 Å². The Bertz CT molecular complexity index is 988. The van der Waals surface area contributed by atoms with Crippen LogP contribution in [0.3, 0.4) is 0 Å². The number of aliphatic hydroxyl groups excluding tert-OH is 2. The van der Waals surface area contributed by atoms with Gasteiger partial charge in [-0.05, 0) is 55.0 Å². The molecule has 0 saturated carbocycles. The second-order valence-corrected chi connectivity index (χ2v) is 9.09. The first-order valence-corrected chi connectivity index (χ1v) is 11.9. The molecule has 0 aliphatic carbocycles. The molecule has 1 unspecified atom stereocenters. The van der Waals surface area contributed by atoms with Gasteiger partial charge in [0.25, 0.3) is 5.91 Å². The Hall–Kier alpha value is -2.67. The Morgan fingerprint density at radius 1 is 1.09 bits per heavy atom. The minimum atomic E-state index is -0.614. The number of fused-ring (bicyclic) bond motifs is 2. The maximum absolute atomic E-state index is 13.2. The lowest BCUT2D eigenvalue weighted by Crippen LogP contribution is -2.44. The fourth-order valence-corrected chi connectivity index (χ4v) is 4.53. The maximum atomic E-state index is 13.2. The first-order valence-electron chi connectivity index (χ1n) is 11.9. The average molecular weight is 451 g/mol. The monoisotopic (exact) mass is 450 g/mol. The molecule has 2 N–H and O–H groups in total. The molecule has 0 radical (unpaired) electrons. The van der Waals surface area contributed by atoms with Gasteiger partial charge in [-0.3, -0.25) is 9.69 Å². The summed E-state index contributed by atoms with van der Waals surface area (Å²) >= 11 is 0. The van der Waals surface area contributed by atoms with Gasteiger partial charge in [0.1, 0.15) is 12.4 Å². The summed E-state index contributed by atoms with van der Waals surface area (Å²) in [5.74, 6) is 0.484. The van der Waals surface area contributed by atoms with E-state index in [0.29, 0.717) is 37.6 Å². The van der Waals surface area contributed by atoms with Crippen molar-refractivity contribution >= 4 is 12.0 Å². The molecule has 33 heavy (non-hydrogen) atoms. The molecule has 2 aromatic carbocycles. The van der Waals surface area contributed by atoms with E-state index in [9.17, 15) is 15.0 Å². The molecule has 6 nitrogen and oxygen atoms in total. The van der Waals surface area contributed by atoms with Gasteiger partial charge in [0, 0.05) is 26.2 Å². The third-order valence-corrected chi connectivity index (χ3v) is 6.31. The van der Waals surface area contributed by atoms with E-state index in [1.54, 1.807) is 17.9 Å². The SMILES string of the molecule is CC(O)CCC=Cc1ccc2c(c1)OCCN(C[C@H](O)CN1CCc3ccccc3C1)C2=O. The Labute approximate surface area is 196 Å². The molecule has 0 bridgehead atoms. The number of rotatable bonds is 8. The first kappa shape index (κ1) is 23.5. The van der Waals surface area contributed by atoms with Crippen LogP contribution in [0.5, 0.6) is 5.75 Å². The van der Waals surface area contributed by atoms with Crippen molar-refractivity contribution in [3.8, 4) is 5.75 Å². The van der Waals surface area contributed by atoms with E-state index in [4.69, 9.17) is 4.74 Å². The van der Waals surface area contributed by atoms with Crippen LogP contribution in [-0.4, -0.2) is 70.9 Å². The summed E-state index contributed by atoms with van der Waals surface area (Å²) in [7, 11) is 0. The Morgan fingerprint density at radius 3 is 2.73 bits per heavy atom. The minimum Gasteiger partial charge on any atom is -0.491 e. The predicted octanol–water partition coefficient (Wildman–Crippen LogP) is 3.11. The summed E-state index contributed by atoms with van der Waals surface area (Å²) in [5.41, 5.74) is 4.20. The smallest absolute Gasteiger partial charge is 0.257 e. The molecule has 1 amide bonds. The van der Waals surface area contributed by atoms with Gasteiger partial charge in [-0.15, -0.1) is 0 Å². The second kappa shape index (κ2) is 11.0. The lowest BCUT2D eigenvalue weighted by Gasteiger charge is -2.32. The van der Waals surface area contributed by atoms with Gasteiger partial charge in [-0.2, -0.15) is 0 Å². The Kier molecular flexibility index (Phi) is 7.81. The van der Waals surface area contributed by atoms with Crippen molar-refractivity contribution in [3.05, 3.63) is 70.8 Å². The molecule has 0 saturated heterocycles. The van der Waals surface area contributed by atoms with E-state index >= 15 is 0 Å². The van der Waals surface area contributed by atoms with Crippen LogP contribution in [0, 0.1) is 0 Å². The number of β-amino-alcohol motifs (C(OH)–C–C–N with tert-alkyl or cyclic N) is 1. The van der Waals surface area contributed by atoms with E-state index in [2.05, 4.69) is 29.2 Å². The number of amides is 1. The molecular weight excluding hydrogens is 416 g/mol. The first-order chi connectivity index (χ1) is 16.0. The average Bonchev–Trinajstić information content (AvgIpc) is 2.95. The van der Waals surface area contributed by atoms with Crippen molar-refractivity contribution < 1.29 is 19.7 Å². The van der Waals surface area contributed by atoms with Gasteiger partial charge >= 0.3 is 0 Å². The summed E-state index contributed by atoms with van der Waals surface area (Å²) < 4.78 is 5.88. The van der Waals surface area contributed by atoms with E-state index in [1.807, 2.05) is 24.3 Å². The van der Waals surface area contributed by atoms with Crippen molar-refractivity contribution in [2.24, 2.45) is 0 Å². The molecular formula is C27H34N2O4. The van der Waals surface area contributed by atoms with Crippen LogP contribution >= 0.6 is 0 Å². The number of carbonyl (C=O) groups excluding carboxylic acids is 1. The highest BCUT2D eigenvalue weighted by molar-refractivity contribution is 5.97. The molecule has 4 rings (SSSR count). The number of benzene rings is 2. The van der Waals surface area contributed by atoms with Gasteiger partial charge in [-0.25, -0.2) is 0 Å². The highest BCUT2D eigenvalue weighted by atomic mass is 16.5. The van der Waals surface area contributed by atoms with Crippen LogP contribution in [0.15, 0.2) is 48.5 Å². The summed E-state index contributed by atoms with van der Waals surface area (Å²) in [4.78, 5) is 17.1. The van der Waals surface area contributed by atoms with E-state index in [0.717, 1.165) is 37.9 Å². The lowest BCUT2D eigenvalue weighted by atomic mass is 10.00. The number of hydrogen-bond donors (Lipinski definition) is 2. The van der Waals surface area contributed by atoms with Crippen molar-refractivity contribution in [1.29, 1.82) is 0 Å². The highest BCUT2D eigenvalue weighted by Crippen LogP contribution is 2.26. The van der Waals surface area contributed by atoms with Crippen LogP contribution in [0.25, 0.3) is 6.08 Å². The predicted molar refractivity (Wildman–Crippen MR) is 129 cm³/mol. The Balaban J connectivity index is 1.35. The second-order valence-electron chi connectivity index (χ2n) is 9.09. The largest absolute Gasteiger partial charge is 0.491 e. The summed E-state index contributed by atoms with van der Waals surface area (Å²) in [6, 6.07) is 14.1. The van der Waals surface area contributed by atoms with E-state index in [-0.39, 0.29) is 12.0 Å². The molecule has 2 heterocycles. The van der Waals surface area contributed by atoms with Crippen LogP contribution in [-0.2, 0) is 13.0 Å². The van der Waals surface area contributed by atoms with Crippen LogP contribution in [0.2, 0.25) is 0 Å². The maximum Gasteiger partial charge on any atom is 0.257 e. The quantitative estimate of drug-likeness (QED) is 0.647. The van der Waals surface area contributed by atoms with E-state index in [1.165, 1.54) is 11.1 Å². The molecule has 2 aliphatic rings. The van der Waals surface area contributed by atoms with Gasteiger partial charge < -0.3 is 19.8 Å². The fourth-order valence-electron chi connectivity index (χ4n) is 4.53. The standard InChI is InChI=1S/C27H34N2O4/c1-20(30)6-2-3-7-21-10-11-25-26(16-21)33-15-14-29(27(25)32)19-24(31)18-28-13-12-22-8-4-5-9-23(22)17-28/h3-5,7-11,16,20,24,30-31H,2,6,12-15,17-19H2,1H3/t20?,24-/m1/s1. The van der Waals surface area contributed by atoms with Crippen molar-refractivity contribution in [2.75, 3.05) is 32.8 Å². The zero-order valence-corrected chi connectivity index (χ0v) is 19.3. The number of nitrogens with zero attached hydrogens (tertiary/aromatic N) is 2. The molecule has 0 fully saturated rings. The molecule has 0 aromatic heterocycles. The fraction of sp³-hybridized carbons (Fsp3) is 0.444. The summed E-state index contributed by atoms with van der Waals surface area (Å²) in [6.45, 7) is 5.22. The summed E-state index contributed by atoms with van der Waals surface area (Å²) in [5, 5.41) is 20.1. The minimum absolute atomic E-state index is 0.102. The number of allylic oxidation sites excluding steroid dienone is 1. The molecule has 2 aliphatic heterocycles. The van der Waals surface area contributed by atoms with Crippen molar-refractivity contribution in [1.82, 2.24) is 9.80 Å². The molecule has 0 spiro atoms. The van der Waals surface area contributed by atoms with E-state index < -0.39 is 6.10 Å². The Morgan fingerprint density at radius 2 is 1.91 bits per heavy atom. The highest BCUT2D eigenvalue weighted by Gasteiger charge is 2.26. The van der Waals surface area contributed by atoms with Gasteiger partial charge in [0.05, 0.1) is 24.3 Å². The zero-order chi connectivity index (χ0) is 23.2.